The van der Waals surface area contributed by atoms with Crippen molar-refractivity contribution in [3.8, 4) is 0 Å². The van der Waals surface area contributed by atoms with Crippen LogP contribution in [-0.2, 0) is 9.59 Å². The molecule has 1 aromatic rings. The molecule has 0 aromatic heterocycles. The predicted molar refractivity (Wildman–Crippen MR) is 65.1 cm³/mol. The van der Waals surface area contributed by atoms with Crippen molar-refractivity contribution >= 4 is 23.6 Å². The van der Waals surface area contributed by atoms with Crippen molar-refractivity contribution in [1.82, 2.24) is 5.32 Å². The summed E-state index contributed by atoms with van der Waals surface area (Å²) in [5.74, 6) is -2.88. The number of halogens is 1. The van der Waals surface area contributed by atoms with E-state index >= 15 is 0 Å². The van der Waals surface area contributed by atoms with Crippen LogP contribution in [0.4, 0.5) is 14.9 Å². The number of imide groups is 1. The Morgan fingerprint density at radius 3 is 2.53 bits per heavy atom. The second kappa shape index (κ2) is 6.29. The highest BCUT2D eigenvalue weighted by atomic mass is 19.1. The second-order valence-electron chi connectivity index (χ2n) is 3.55. The summed E-state index contributed by atoms with van der Waals surface area (Å²) in [6, 6.07) is 3.28. The summed E-state index contributed by atoms with van der Waals surface area (Å²) in [5.41, 5.74) is 0.443. The molecule has 0 bridgehead atoms. The van der Waals surface area contributed by atoms with Crippen molar-refractivity contribution < 1.29 is 23.9 Å². The molecule has 1 rings (SSSR count). The molecule has 1 aromatic carbocycles. The number of carbonyl (C=O) groups is 3. The van der Waals surface area contributed by atoms with E-state index in [1.807, 2.05) is 5.32 Å². The molecule has 100 valence electrons. The fourth-order valence-electron chi connectivity index (χ4n) is 1.24. The number of urea groups is 1. The number of carboxylic acid groups (broad SMARTS) is 1. The first-order valence-corrected chi connectivity index (χ1v) is 5.18. The Balaban J connectivity index is 2.66. The minimum absolute atomic E-state index is 0.0463. The summed E-state index contributed by atoms with van der Waals surface area (Å²) in [7, 11) is 0. The molecule has 3 N–H and O–H groups in total. The fraction of sp³-hybridized carbons (Fsp3) is 0.0833. The number of anilines is 1. The van der Waals surface area contributed by atoms with Crippen LogP contribution in [0.1, 0.15) is 5.56 Å². The number of hydrogen-bond acceptors (Lipinski definition) is 3. The molecular weight excluding hydrogens is 255 g/mol. The molecule has 0 saturated heterocycles. The zero-order chi connectivity index (χ0) is 14.4. The van der Waals surface area contributed by atoms with Gasteiger partial charge < -0.3 is 10.4 Å². The van der Waals surface area contributed by atoms with E-state index in [4.69, 9.17) is 5.11 Å². The Morgan fingerprint density at radius 1 is 1.26 bits per heavy atom. The number of aryl methyl sites for hydroxylation is 1. The van der Waals surface area contributed by atoms with Gasteiger partial charge in [-0.1, -0.05) is 12.1 Å². The average molecular weight is 266 g/mol. The number of nitrogens with one attached hydrogen (secondary N) is 2. The fourth-order valence-corrected chi connectivity index (χ4v) is 1.24. The first kappa shape index (κ1) is 14.4. The first-order chi connectivity index (χ1) is 8.90. The lowest BCUT2D eigenvalue weighted by Gasteiger charge is -2.08. The highest BCUT2D eigenvalue weighted by Gasteiger charge is 2.10. The van der Waals surface area contributed by atoms with E-state index < -0.39 is 23.7 Å². The van der Waals surface area contributed by atoms with Crippen molar-refractivity contribution in [1.29, 1.82) is 0 Å². The quantitative estimate of drug-likeness (QED) is 0.721. The highest BCUT2D eigenvalue weighted by molar-refractivity contribution is 6.06. The second-order valence-corrected chi connectivity index (χ2v) is 3.55. The minimum atomic E-state index is -1.32. The lowest BCUT2D eigenvalue weighted by Crippen LogP contribution is -2.33. The Bertz CT molecular complexity index is 534. The molecule has 0 aliphatic heterocycles. The third-order valence-electron chi connectivity index (χ3n) is 2.07. The summed E-state index contributed by atoms with van der Waals surface area (Å²) in [6.45, 7) is 1.59. The van der Waals surface area contributed by atoms with E-state index in [2.05, 4.69) is 5.32 Å². The van der Waals surface area contributed by atoms with Crippen LogP contribution >= 0.6 is 0 Å². The number of carboxylic acids is 1. The maximum Gasteiger partial charge on any atom is 0.328 e. The normalized spacial score (nSPS) is 10.2. The third-order valence-corrected chi connectivity index (χ3v) is 2.07. The minimum Gasteiger partial charge on any atom is -0.478 e. The zero-order valence-corrected chi connectivity index (χ0v) is 9.94. The lowest BCUT2D eigenvalue weighted by molar-refractivity contribution is -0.131. The highest BCUT2D eigenvalue weighted by Crippen LogP contribution is 2.18. The SMILES string of the molecule is Cc1cccc(F)c1NC(=O)NC(=O)/C=C/C(=O)O. The Kier molecular flexibility index (Phi) is 4.76. The van der Waals surface area contributed by atoms with Gasteiger partial charge in [0.2, 0.25) is 0 Å². The van der Waals surface area contributed by atoms with Gasteiger partial charge >= 0.3 is 12.0 Å². The molecule has 0 spiro atoms. The molecule has 3 amide bonds. The first-order valence-electron chi connectivity index (χ1n) is 5.18. The largest absolute Gasteiger partial charge is 0.478 e. The molecule has 0 atom stereocenters. The molecule has 0 unspecified atom stereocenters. The van der Waals surface area contributed by atoms with Gasteiger partial charge in [-0.25, -0.2) is 14.0 Å². The number of benzene rings is 1. The Labute approximate surface area is 107 Å². The Morgan fingerprint density at radius 2 is 1.95 bits per heavy atom. The van der Waals surface area contributed by atoms with Gasteiger partial charge in [-0.15, -0.1) is 0 Å². The van der Waals surface area contributed by atoms with Gasteiger partial charge in [0.05, 0.1) is 5.69 Å². The molecular formula is C12H11FN2O4. The van der Waals surface area contributed by atoms with Crippen LogP contribution in [-0.4, -0.2) is 23.0 Å². The van der Waals surface area contributed by atoms with Gasteiger partial charge in [-0.3, -0.25) is 10.1 Å². The van der Waals surface area contributed by atoms with Crippen LogP contribution in [0.3, 0.4) is 0 Å². The lowest BCUT2D eigenvalue weighted by atomic mass is 10.2. The van der Waals surface area contributed by atoms with Crippen LogP contribution < -0.4 is 10.6 Å². The molecule has 0 fully saturated rings. The van der Waals surface area contributed by atoms with Gasteiger partial charge in [-0.2, -0.15) is 0 Å². The van der Waals surface area contributed by atoms with Gasteiger partial charge in [0.25, 0.3) is 5.91 Å². The van der Waals surface area contributed by atoms with Crippen LogP contribution in [0.25, 0.3) is 0 Å². The van der Waals surface area contributed by atoms with Gasteiger partial charge in [0.15, 0.2) is 0 Å². The molecule has 0 aliphatic rings. The van der Waals surface area contributed by atoms with E-state index in [1.165, 1.54) is 6.07 Å². The summed E-state index contributed by atoms with van der Waals surface area (Å²) in [6.07, 6.45) is 1.26. The van der Waals surface area contributed by atoms with Gasteiger partial charge in [-0.05, 0) is 18.6 Å². The predicted octanol–water partition coefficient (Wildman–Crippen LogP) is 1.42. The van der Waals surface area contributed by atoms with Crippen molar-refractivity contribution in [2.45, 2.75) is 6.92 Å². The van der Waals surface area contributed by atoms with Gasteiger partial charge in [0, 0.05) is 12.2 Å². The summed E-state index contributed by atoms with van der Waals surface area (Å²) < 4.78 is 13.4. The molecule has 6 nitrogen and oxygen atoms in total. The average Bonchev–Trinajstić information content (AvgIpc) is 2.31. The number of para-hydroxylation sites is 1. The summed E-state index contributed by atoms with van der Waals surface area (Å²) in [4.78, 5) is 32.6. The van der Waals surface area contributed by atoms with Crippen molar-refractivity contribution in [3.63, 3.8) is 0 Å². The monoisotopic (exact) mass is 266 g/mol. The van der Waals surface area contributed by atoms with E-state index in [0.717, 1.165) is 6.07 Å². The van der Waals surface area contributed by atoms with Gasteiger partial charge in [0.1, 0.15) is 5.82 Å². The summed E-state index contributed by atoms with van der Waals surface area (Å²) >= 11 is 0. The molecule has 0 radical (unpaired) electrons. The standard InChI is InChI=1S/C12H11FN2O4/c1-7-3-2-4-8(13)11(7)15-12(19)14-9(16)5-6-10(17)18/h2-6H,1H3,(H,17,18)(H2,14,15,16,19)/b6-5+. The molecule has 0 saturated carbocycles. The van der Waals surface area contributed by atoms with E-state index in [9.17, 15) is 18.8 Å². The van der Waals surface area contributed by atoms with Crippen LogP contribution in [0.15, 0.2) is 30.4 Å². The molecule has 0 heterocycles. The van der Waals surface area contributed by atoms with Crippen LogP contribution in [0, 0.1) is 12.7 Å². The van der Waals surface area contributed by atoms with E-state index in [1.54, 1.807) is 13.0 Å². The zero-order valence-electron chi connectivity index (χ0n) is 9.94. The number of carbonyl (C=O) groups excluding carboxylic acids is 2. The number of rotatable bonds is 3. The van der Waals surface area contributed by atoms with Crippen LogP contribution in [0.2, 0.25) is 0 Å². The number of hydrogen-bond donors (Lipinski definition) is 3. The molecule has 7 heteroatoms. The Hall–Kier alpha value is -2.70. The number of aliphatic carboxylic acids is 1. The molecule has 19 heavy (non-hydrogen) atoms. The van der Waals surface area contributed by atoms with E-state index in [-0.39, 0.29) is 5.69 Å². The van der Waals surface area contributed by atoms with Crippen molar-refractivity contribution in [2.24, 2.45) is 0 Å². The maximum absolute atomic E-state index is 13.4. The van der Waals surface area contributed by atoms with Crippen molar-refractivity contribution in [2.75, 3.05) is 5.32 Å². The smallest absolute Gasteiger partial charge is 0.328 e. The maximum atomic E-state index is 13.4. The van der Waals surface area contributed by atoms with E-state index in [0.29, 0.717) is 17.7 Å². The topological polar surface area (TPSA) is 95.5 Å². The van der Waals surface area contributed by atoms with Crippen LogP contribution in [0.5, 0.6) is 0 Å². The van der Waals surface area contributed by atoms with Crippen molar-refractivity contribution in [3.05, 3.63) is 41.7 Å². The third kappa shape index (κ3) is 4.58. The molecule has 0 aliphatic carbocycles. The number of amides is 3. The summed E-state index contributed by atoms with van der Waals surface area (Å²) in [5, 5.41) is 12.3.